The summed E-state index contributed by atoms with van der Waals surface area (Å²) >= 11 is 0.981. The van der Waals surface area contributed by atoms with E-state index in [4.69, 9.17) is 5.73 Å². The highest BCUT2D eigenvalue weighted by Crippen LogP contribution is 2.16. The predicted octanol–water partition coefficient (Wildman–Crippen LogP) is 0.0531. The van der Waals surface area contributed by atoms with Crippen LogP contribution in [-0.2, 0) is 6.42 Å². The average Bonchev–Trinajstić information content (AvgIpc) is 2.87. The first-order valence-corrected chi connectivity index (χ1v) is 5.28. The van der Waals surface area contributed by atoms with Crippen molar-refractivity contribution in [3.63, 3.8) is 0 Å². The van der Waals surface area contributed by atoms with Gasteiger partial charge in [0.15, 0.2) is 5.69 Å². The summed E-state index contributed by atoms with van der Waals surface area (Å²) in [5, 5.41) is 16.3. The van der Waals surface area contributed by atoms with Crippen molar-refractivity contribution in [2.24, 2.45) is 0 Å². The molecule has 2 aromatic rings. The third-order valence-corrected chi connectivity index (χ3v) is 2.48. The molecule has 0 unspecified atom stereocenters. The Bertz CT molecular complexity index is 491. The number of nitrogens with two attached hydrogens (primary N) is 1. The molecule has 84 valence electrons. The van der Waals surface area contributed by atoms with Gasteiger partial charge in [-0.3, -0.25) is 15.2 Å². The number of aromatic amines is 1. The Hall–Kier alpha value is -2.03. The first-order valence-electron chi connectivity index (χ1n) is 4.51. The number of hydrogen-bond donors (Lipinski definition) is 3. The van der Waals surface area contributed by atoms with Crippen molar-refractivity contribution in [2.75, 3.05) is 11.1 Å². The maximum Gasteiger partial charge on any atom is 0.280 e. The Morgan fingerprint density at radius 2 is 2.44 bits per heavy atom. The molecule has 0 radical (unpaired) electrons. The molecule has 16 heavy (non-hydrogen) atoms. The van der Waals surface area contributed by atoms with Gasteiger partial charge in [0.1, 0.15) is 0 Å². The molecule has 8 nitrogen and oxygen atoms in total. The van der Waals surface area contributed by atoms with Crippen LogP contribution >= 0.6 is 11.5 Å². The van der Waals surface area contributed by atoms with Gasteiger partial charge in [-0.05, 0) is 11.6 Å². The highest BCUT2D eigenvalue weighted by atomic mass is 32.1. The zero-order valence-corrected chi connectivity index (χ0v) is 9.21. The predicted molar refractivity (Wildman–Crippen MR) is 58.0 cm³/mol. The molecule has 0 bridgehead atoms. The number of H-pyrrole nitrogens is 1. The van der Waals surface area contributed by atoms with Crippen LogP contribution in [0.5, 0.6) is 0 Å². The summed E-state index contributed by atoms with van der Waals surface area (Å²) in [5.74, 6) is -0.424. The van der Waals surface area contributed by atoms with Gasteiger partial charge in [0.25, 0.3) is 5.91 Å². The Labute approximate surface area is 94.4 Å². The zero-order valence-electron chi connectivity index (χ0n) is 8.39. The normalized spacial score (nSPS) is 10.3. The molecule has 0 aromatic carbocycles. The van der Waals surface area contributed by atoms with Crippen molar-refractivity contribution in [3.05, 3.63) is 11.4 Å². The van der Waals surface area contributed by atoms with Gasteiger partial charge in [-0.1, -0.05) is 16.5 Å². The molecule has 2 aromatic heterocycles. The van der Waals surface area contributed by atoms with E-state index in [0.29, 0.717) is 17.2 Å². The molecule has 2 rings (SSSR count). The molecule has 0 saturated carbocycles. The van der Waals surface area contributed by atoms with E-state index < -0.39 is 5.91 Å². The molecule has 0 saturated heterocycles. The number of nitrogen functional groups attached to an aromatic ring is 1. The fraction of sp³-hybridized carbons (Fsp3) is 0.286. The number of amides is 1. The van der Waals surface area contributed by atoms with Crippen LogP contribution in [0.15, 0.2) is 0 Å². The van der Waals surface area contributed by atoms with Crippen LogP contribution < -0.4 is 11.1 Å². The summed E-state index contributed by atoms with van der Waals surface area (Å²) in [6.45, 7) is 1.92. The lowest BCUT2D eigenvalue weighted by atomic mass is 10.2. The average molecular weight is 239 g/mol. The van der Waals surface area contributed by atoms with E-state index in [9.17, 15) is 4.79 Å². The Kier molecular flexibility index (Phi) is 2.77. The molecule has 4 N–H and O–H groups in total. The molecular weight excluding hydrogens is 230 g/mol. The second-order valence-corrected chi connectivity index (χ2v) is 3.67. The number of nitrogens with one attached hydrogen (secondary N) is 2. The summed E-state index contributed by atoms with van der Waals surface area (Å²) in [5.41, 5.74) is 7.00. The Morgan fingerprint density at radius 3 is 3.00 bits per heavy atom. The first-order chi connectivity index (χ1) is 7.72. The van der Waals surface area contributed by atoms with E-state index in [-0.39, 0.29) is 5.69 Å². The summed E-state index contributed by atoms with van der Waals surface area (Å²) in [6, 6.07) is 0. The SMILES string of the molecule is CCc1[nH]nc(C(=O)Nc2nnns2)c1N. The third kappa shape index (κ3) is 1.84. The topological polar surface area (TPSA) is 122 Å². The van der Waals surface area contributed by atoms with Gasteiger partial charge in [-0.25, -0.2) is 0 Å². The summed E-state index contributed by atoms with van der Waals surface area (Å²) < 4.78 is 3.52. The van der Waals surface area contributed by atoms with E-state index in [1.807, 2.05) is 6.92 Å². The largest absolute Gasteiger partial charge is 0.395 e. The fourth-order valence-electron chi connectivity index (χ4n) is 1.17. The van der Waals surface area contributed by atoms with E-state index >= 15 is 0 Å². The minimum absolute atomic E-state index is 0.159. The highest BCUT2D eigenvalue weighted by molar-refractivity contribution is 7.09. The van der Waals surface area contributed by atoms with E-state index in [0.717, 1.165) is 17.2 Å². The van der Waals surface area contributed by atoms with E-state index in [1.54, 1.807) is 0 Å². The van der Waals surface area contributed by atoms with Crippen LogP contribution in [-0.4, -0.2) is 30.9 Å². The molecule has 0 aliphatic carbocycles. The molecule has 1 amide bonds. The monoisotopic (exact) mass is 239 g/mol. The van der Waals surface area contributed by atoms with Crippen LogP contribution in [0.2, 0.25) is 0 Å². The number of hydrogen-bond acceptors (Lipinski definition) is 7. The summed E-state index contributed by atoms with van der Waals surface area (Å²) in [4.78, 5) is 11.7. The Morgan fingerprint density at radius 1 is 1.62 bits per heavy atom. The van der Waals surface area contributed by atoms with Gasteiger partial charge in [-0.2, -0.15) is 5.10 Å². The van der Waals surface area contributed by atoms with Crippen molar-refractivity contribution >= 4 is 28.3 Å². The van der Waals surface area contributed by atoms with Crippen LogP contribution in [0.25, 0.3) is 0 Å². The van der Waals surface area contributed by atoms with Crippen LogP contribution in [0, 0.1) is 0 Å². The maximum atomic E-state index is 11.7. The first kappa shape index (κ1) is 10.5. The van der Waals surface area contributed by atoms with Crippen molar-refractivity contribution in [1.29, 1.82) is 0 Å². The van der Waals surface area contributed by atoms with E-state index in [2.05, 4.69) is 30.3 Å². The molecule has 0 fully saturated rings. The Balaban J connectivity index is 2.18. The van der Waals surface area contributed by atoms with Gasteiger partial charge in [0.2, 0.25) is 5.13 Å². The minimum atomic E-state index is -0.424. The fourth-order valence-corrected chi connectivity index (χ4v) is 1.53. The van der Waals surface area contributed by atoms with Crippen molar-refractivity contribution in [3.8, 4) is 0 Å². The van der Waals surface area contributed by atoms with Gasteiger partial charge in [0, 0.05) is 11.5 Å². The third-order valence-electron chi connectivity index (χ3n) is 1.97. The van der Waals surface area contributed by atoms with Crippen LogP contribution in [0.1, 0.15) is 23.1 Å². The molecule has 9 heteroatoms. The second-order valence-electron chi connectivity index (χ2n) is 2.94. The lowest BCUT2D eigenvalue weighted by Gasteiger charge is -1.98. The lowest BCUT2D eigenvalue weighted by molar-refractivity contribution is 0.102. The number of rotatable bonds is 3. The van der Waals surface area contributed by atoms with Gasteiger partial charge in [0.05, 0.1) is 11.4 Å². The number of anilines is 2. The summed E-state index contributed by atoms with van der Waals surface area (Å²) in [6.07, 6.45) is 0.687. The van der Waals surface area contributed by atoms with Crippen LogP contribution in [0.4, 0.5) is 10.8 Å². The quantitative estimate of drug-likeness (QED) is 0.695. The van der Waals surface area contributed by atoms with Crippen molar-refractivity contribution in [1.82, 2.24) is 25.0 Å². The molecule has 2 heterocycles. The lowest BCUT2D eigenvalue weighted by Crippen LogP contribution is -2.14. The maximum absolute atomic E-state index is 11.7. The molecule has 0 spiro atoms. The molecule has 0 aliphatic rings. The zero-order chi connectivity index (χ0) is 11.5. The number of carbonyl (C=O) groups is 1. The number of carbonyl (C=O) groups excluding carboxylic acids is 1. The number of aryl methyl sites for hydroxylation is 1. The molecule has 0 aliphatic heterocycles. The number of aromatic nitrogens is 5. The summed E-state index contributed by atoms with van der Waals surface area (Å²) in [7, 11) is 0. The van der Waals surface area contributed by atoms with Crippen LogP contribution in [0.3, 0.4) is 0 Å². The van der Waals surface area contributed by atoms with E-state index in [1.165, 1.54) is 0 Å². The second kappa shape index (κ2) is 4.23. The van der Waals surface area contributed by atoms with Gasteiger partial charge >= 0.3 is 0 Å². The van der Waals surface area contributed by atoms with Gasteiger partial charge < -0.3 is 5.73 Å². The molecular formula is C7H9N7OS. The number of nitrogens with zero attached hydrogens (tertiary/aromatic N) is 4. The smallest absolute Gasteiger partial charge is 0.280 e. The molecule has 0 atom stereocenters. The highest BCUT2D eigenvalue weighted by Gasteiger charge is 2.17. The standard InChI is InChI=1S/C7H9N7OS/c1-2-3-4(8)5(11-10-3)6(15)9-7-12-13-14-16-7/h2,8H2,1H3,(H,10,11)(H,9,12,14,15). The van der Waals surface area contributed by atoms with Crippen molar-refractivity contribution < 1.29 is 4.79 Å². The van der Waals surface area contributed by atoms with Crippen molar-refractivity contribution in [2.45, 2.75) is 13.3 Å². The van der Waals surface area contributed by atoms with Gasteiger partial charge in [-0.15, -0.1) is 0 Å². The minimum Gasteiger partial charge on any atom is -0.395 e.